The van der Waals surface area contributed by atoms with Gasteiger partial charge in [0.15, 0.2) is 0 Å². The molecule has 0 heterocycles. The molecule has 0 saturated carbocycles. The second kappa shape index (κ2) is 7.29. The second-order valence-electron chi connectivity index (χ2n) is 4.39. The minimum absolute atomic E-state index is 0.0204. The summed E-state index contributed by atoms with van der Waals surface area (Å²) in [4.78, 5) is 25.3. The van der Waals surface area contributed by atoms with Crippen molar-refractivity contribution in [1.82, 2.24) is 4.90 Å². The van der Waals surface area contributed by atoms with Gasteiger partial charge in [0.2, 0.25) is 5.91 Å². The third-order valence-corrected chi connectivity index (χ3v) is 3.04. The van der Waals surface area contributed by atoms with Gasteiger partial charge in [-0.05, 0) is 44.5 Å². The predicted molar refractivity (Wildman–Crippen MR) is 77.3 cm³/mol. The van der Waals surface area contributed by atoms with E-state index in [-0.39, 0.29) is 18.2 Å². The van der Waals surface area contributed by atoms with E-state index in [2.05, 4.69) is 5.32 Å². The molecule has 1 aromatic carbocycles. The van der Waals surface area contributed by atoms with Crippen LogP contribution in [-0.4, -0.2) is 29.8 Å². The fourth-order valence-electron chi connectivity index (χ4n) is 1.90. The van der Waals surface area contributed by atoms with Gasteiger partial charge in [0, 0.05) is 24.3 Å². The van der Waals surface area contributed by atoms with E-state index < -0.39 is 0 Å². The van der Waals surface area contributed by atoms with Crippen LogP contribution in [0.15, 0.2) is 18.2 Å². The van der Waals surface area contributed by atoms with Gasteiger partial charge in [0.1, 0.15) is 6.42 Å². The molecule has 0 unspecified atom stereocenters. The van der Waals surface area contributed by atoms with Gasteiger partial charge in [-0.15, -0.1) is 0 Å². The molecule has 0 aliphatic rings. The average molecular weight is 273 g/mol. The maximum Gasteiger partial charge on any atom is 0.253 e. The number of hydrogen-bond donors (Lipinski definition) is 1. The normalized spacial score (nSPS) is 9.70. The van der Waals surface area contributed by atoms with Crippen LogP contribution < -0.4 is 5.32 Å². The molecule has 1 aromatic rings. The molecule has 20 heavy (non-hydrogen) atoms. The standard InChI is InChI=1S/C15H19N3O2/c1-4-18(5-2)15(20)12-6-7-13(11(3)10-12)17-14(19)8-9-16/h6-7,10H,4-5,8H2,1-3H3,(H,17,19). The average Bonchev–Trinajstić information content (AvgIpc) is 2.42. The first-order chi connectivity index (χ1) is 9.53. The van der Waals surface area contributed by atoms with Crippen LogP contribution in [0.25, 0.3) is 0 Å². The molecular formula is C15H19N3O2. The van der Waals surface area contributed by atoms with Crippen molar-refractivity contribution in [3.63, 3.8) is 0 Å². The summed E-state index contributed by atoms with van der Waals surface area (Å²) < 4.78 is 0. The number of carbonyl (C=O) groups is 2. The Hall–Kier alpha value is -2.35. The van der Waals surface area contributed by atoms with Crippen LogP contribution in [0, 0.1) is 18.3 Å². The van der Waals surface area contributed by atoms with Crippen LogP contribution in [0.5, 0.6) is 0 Å². The number of aryl methyl sites for hydroxylation is 1. The highest BCUT2D eigenvalue weighted by Crippen LogP contribution is 2.18. The Kier molecular flexibility index (Phi) is 5.73. The molecular weight excluding hydrogens is 254 g/mol. The number of anilines is 1. The van der Waals surface area contributed by atoms with Crippen LogP contribution in [0.3, 0.4) is 0 Å². The van der Waals surface area contributed by atoms with Crippen LogP contribution in [0.1, 0.15) is 36.2 Å². The fourth-order valence-corrected chi connectivity index (χ4v) is 1.90. The van der Waals surface area contributed by atoms with Gasteiger partial charge in [-0.25, -0.2) is 0 Å². The summed E-state index contributed by atoms with van der Waals surface area (Å²) in [5.74, 6) is -0.369. The summed E-state index contributed by atoms with van der Waals surface area (Å²) in [7, 11) is 0. The highest BCUT2D eigenvalue weighted by Gasteiger charge is 2.13. The maximum absolute atomic E-state index is 12.2. The number of rotatable bonds is 5. The van der Waals surface area contributed by atoms with Gasteiger partial charge in [-0.2, -0.15) is 5.26 Å². The van der Waals surface area contributed by atoms with Crippen LogP contribution in [-0.2, 0) is 4.79 Å². The summed E-state index contributed by atoms with van der Waals surface area (Å²) in [6, 6.07) is 6.93. The lowest BCUT2D eigenvalue weighted by molar-refractivity contribution is -0.115. The van der Waals surface area contributed by atoms with Crippen molar-refractivity contribution in [3.8, 4) is 6.07 Å². The molecule has 5 nitrogen and oxygen atoms in total. The Morgan fingerprint density at radius 2 is 1.95 bits per heavy atom. The van der Waals surface area contributed by atoms with E-state index in [1.165, 1.54) is 0 Å². The molecule has 0 aliphatic heterocycles. The number of hydrogen-bond acceptors (Lipinski definition) is 3. The molecule has 1 N–H and O–H groups in total. The highest BCUT2D eigenvalue weighted by molar-refractivity contribution is 5.96. The van der Waals surface area contributed by atoms with Gasteiger partial charge >= 0.3 is 0 Å². The van der Waals surface area contributed by atoms with Gasteiger partial charge in [0.05, 0.1) is 6.07 Å². The summed E-state index contributed by atoms with van der Waals surface area (Å²) in [5, 5.41) is 11.1. The number of nitrogens with one attached hydrogen (secondary N) is 1. The summed E-state index contributed by atoms with van der Waals surface area (Å²) >= 11 is 0. The van der Waals surface area contributed by atoms with E-state index in [0.29, 0.717) is 24.3 Å². The van der Waals surface area contributed by atoms with E-state index in [4.69, 9.17) is 5.26 Å². The van der Waals surface area contributed by atoms with Crippen molar-refractivity contribution in [2.24, 2.45) is 0 Å². The molecule has 1 rings (SSSR count). The summed E-state index contributed by atoms with van der Waals surface area (Å²) in [5.41, 5.74) is 2.03. The zero-order valence-electron chi connectivity index (χ0n) is 12.1. The maximum atomic E-state index is 12.2. The van der Waals surface area contributed by atoms with Crippen molar-refractivity contribution in [2.75, 3.05) is 18.4 Å². The van der Waals surface area contributed by atoms with E-state index >= 15 is 0 Å². The smallest absolute Gasteiger partial charge is 0.253 e. The monoisotopic (exact) mass is 273 g/mol. The number of amides is 2. The molecule has 0 fully saturated rings. The van der Waals surface area contributed by atoms with Crippen LogP contribution >= 0.6 is 0 Å². The van der Waals surface area contributed by atoms with E-state index in [9.17, 15) is 9.59 Å². The Morgan fingerprint density at radius 3 is 2.45 bits per heavy atom. The largest absolute Gasteiger partial charge is 0.339 e. The van der Waals surface area contributed by atoms with Crippen LogP contribution in [0.2, 0.25) is 0 Å². The molecule has 2 amide bonds. The van der Waals surface area contributed by atoms with Gasteiger partial charge in [-0.1, -0.05) is 0 Å². The third-order valence-electron chi connectivity index (χ3n) is 3.04. The Morgan fingerprint density at radius 1 is 1.30 bits per heavy atom. The topological polar surface area (TPSA) is 73.2 Å². The Balaban J connectivity index is 2.91. The quantitative estimate of drug-likeness (QED) is 0.894. The fraction of sp³-hybridized carbons (Fsp3) is 0.400. The number of nitrogens with zero attached hydrogens (tertiary/aromatic N) is 2. The molecule has 0 aliphatic carbocycles. The Bertz CT molecular complexity index is 543. The molecule has 0 aromatic heterocycles. The zero-order valence-corrected chi connectivity index (χ0v) is 12.1. The lowest BCUT2D eigenvalue weighted by atomic mass is 10.1. The van der Waals surface area contributed by atoms with Crippen LogP contribution in [0.4, 0.5) is 5.69 Å². The molecule has 106 valence electrons. The highest BCUT2D eigenvalue weighted by atomic mass is 16.2. The second-order valence-corrected chi connectivity index (χ2v) is 4.39. The minimum atomic E-state index is -0.349. The van der Waals surface area contributed by atoms with Crippen molar-refractivity contribution >= 4 is 17.5 Å². The molecule has 0 atom stereocenters. The SMILES string of the molecule is CCN(CC)C(=O)c1ccc(NC(=O)CC#N)c(C)c1. The van der Waals surface area contributed by atoms with Gasteiger partial charge in [-0.3, -0.25) is 9.59 Å². The molecule has 0 radical (unpaired) electrons. The number of carbonyl (C=O) groups excluding carboxylic acids is 2. The predicted octanol–water partition coefficient (Wildman–Crippen LogP) is 2.33. The van der Waals surface area contributed by atoms with E-state index in [0.717, 1.165) is 5.56 Å². The zero-order chi connectivity index (χ0) is 15.1. The van der Waals surface area contributed by atoms with Crippen molar-refractivity contribution < 1.29 is 9.59 Å². The third kappa shape index (κ3) is 3.82. The minimum Gasteiger partial charge on any atom is -0.339 e. The molecule has 0 saturated heterocycles. The lowest BCUT2D eigenvalue weighted by Gasteiger charge is -2.19. The first kappa shape index (κ1) is 15.7. The molecule has 0 bridgehead atoms. The lowest BCUT2D eigenvalue weighted by Crippen LogP contribution is -2.30. The first-order valence-corrected chi connectivity index (χ1v) is 6.60. The summed E-state index contributed by atoms with van der Waals surface area (Å²) in [6.07, 6.45) is -0.181. The molecule has 0 spiro atoms. The molecule has 5 heteroatoms. The van der Waals surface area contributed by atoms with Gasteiger partial charge < -0.3 is 10.2 Å². The van der Waals surface area contributed by atoms with Crippen molar-refractivity contribution in [3.05, 3.63) is 29.3 Å². The number of benzene rings is 1. The first-order valence-electron chi connectivity index (χ1n) is 6.60. The summed E-state index contributed by atoms with van der Waals surface area (Å²) in [6.45, 7) is 7.01. The van der Waals surface area contributed by atoms with Gasteiger partial charge in [0.25, 0.3) is 5.91 Å². The van der Waals surface area contributed by atoms with Crippen molar-refractivity contribution in [2.45, 2.75) is 27.2 Å². The number of nitriles is 1. The van der Waals surface area contributed by atoms with Crippen molar-refractivity contribution in [1.29, 1.82) is 5.26 Å². The van der Waals surface area contributed by atoms with E-state index in [1.807, 2.05) is 20.8 Å². The Labute approximate surface area is 119 Å². The van der Waals surface area contributed by atoms with E-state index in [1.54, 1.807) is 29.2 Å².